The molecular formula is C20H27BrO2. The lowest BCUT2D eigenvalue weighted by Crippen LogP contribution is -1.93. The van der Waals surface area contributed by atoms with Crippen LogP contribution in [-0.2, 0) is 0 Å². The largest absolute Gasteiger partial charge is 0.496 e. The Hall–Kier alpha value is -1.48. The van der Waals surface area contributed by atoms with Crippen LogP contribution in [0.2, 0.25) is 0 Å². The van der Waals surface area contributed by atoms with Gasteiger partial charge in [-0.15, -0.1) is 0 Å². The quantitative estimate of drug-likeness (QED) is 0.637. The van der Waals surface area contributed by atoms with Crippen molar-refractivity contribution in [3.63, 3.8) is 0 Å². The summed E-state index contributed by atoms with van der Waals surface area (Å²) in [5.74, 6) is 1.99. The molecule has 0 heterocycles. The molecule has 0 radical (unpaired) electrons. The monoisotopic (exact) mass is 378 g/mol. The fraction of sp³-hybridized carbons (Fsp3) is 0.400. The maximum absolute atomic E-state index is 5.28. The van der Waals surface area contributed by atoms with E-state index in [0.717, 1.165) is 16.0 Å². The van der Waals surface area contributed by atoms with Gasteiger partial charge in [-0.25, -0.2) is 0 Å². The van der Waals surface area contributed by atoms with Gasteiger partial charge in [-0.05, 0) is 63.8 Å². The van der Waals surface area contributed by atoms with Gasteiger partial charge >= 0.3 is 0 Å². The summed E-state index contributed by atoms with van der Waals surface area (Å²) < 4.78 is 11.7. The summed E-state index contributed by atoms with van der Waals surface area (Å²) in [7, 11) is 3.42. The minimum atomic E-state index is 0.979. The molecular weight excluding hydrogens is 352 g/mol. The molecule has 2 aromatic rings. The van der Waals surface area contributed by atoms with Crippen molar-refractivity contribution in [2.75, 3.05) is 14.2 Å². The second-order valence-corrected chi connectivity index (χ2v) is 6.71. The number of ether oxygens (including phenoxy) is 2. The van der Waals surface area contributed by atoms with Crippen LogP contribution in [0.3, 0.4) is 0 Å². The van der Waals surface area contributed by atoms with Crippen molar-refractivity contribution >= 4 is 15.9 Å². The van der Waals surface area contributed by atoms with E-state index in [0.29, 0.717) is 0 Å². The average molecular weight is 379 g/mol. The first kappa shape index (κ1) is 19.6. The van der Waals surface area contributed by atoms with E-state index in [2.05, 4.69) is 75.7 Å². The van der Waals surface area contributed by atoms with Crippen molar-refractivity contribution in [3.05, 3.63) is 56.1 Å². The van der Waals surface area contributed by atoms with Crippen LogP contribution in [0, 0.1) is 41.5 Å². The molecule has 0 aliphatic carbocycles. The van der Waals surface area contributed by atoms with E-state index in [1.54, 1.807) is 14.2 Å². The van der Waals surface area contributed by atoms with Crippen LogP contribution in [0.5, 0.6) is 11.5 Å². The van der Waals surface area contributed by atoms with E-state index < -0.39 is 0 Å². The maximum atomic E-state index is 5.28. The zero-order valence-corrected chi connectivity index (χ0v) is 17.0. The second-order valence-electron chi connectivity index (χ2n) is 5.91. The summed E-state index contributed by atoms with van der Waals surface area (Å²) in [4.78, 5) is 0. The summed E-state index contributed by atoms with van der Waals surface area (Å²) in [6.07, 6.45) is 0. The van der Waals surface area contributed by atoms with Crippen molar-refractivity contribution in [2.45, 2.75) is 41.5 Å². The van der Waals surface area contributed by atoms with Gasteiger partial charge in [0.15, 0.2) is 0 Å². The predicted molar refractivity (Wildman–Crippen MR) is 102 cm³/mol. The minimum Gasteiger partial charge on any atom is -0.496 e. The number of rotatable bonds is 2. The van der Waals surface area contributed by atoms with Gasteiger partial charge in [0.25, 0.3) is 0 Å². The van der Waals surface area contributed by atoms with Crippen LogP contribution in [0.4, 0.5) is 0 Å². The normalized spacial score (nSPS) is 9.96. The molecule has 0 fully saturated rings. The van der Waals surface area contributed by atoms with Crippen molar-refractivity contribution < 1.29 is 9.47 Å². The van der Waals surface area contributed by atoms with E-state index in [1.165, 1.54) is 33.4 Å². The van der Waals surface area contributed by atoms with Gasteiger partial charge in [-0.3, -0.25) is 0 Å². The number of halogens is 1. The Bertz CT molecular complexity index is 668. The number of methoxy groups -OCH3 is 2. The SMILES string of the molecule is COc1c(C)cc(C)c(Br)c1C.COc1c(C)cc(C)cc1C. The highest BCUT2D eigenvalue weighted by atomic mass is 79.9. The Morgan fingerprint density at radius 1 is 0.652 bits per heavy atom. The molecule has 0 saturated carbocycles. The summed E-state index contributed by atoms with van der Waals surface area (Å²) in [6, 6.07) is 6.38. The Balaban J connectivity index is 0.000000231. The van der Waals surface area contributed by atoms with E-state index >= 15 is 0 Å². The Labute approximate surface area is 149 Å². The van der Waals surface area contributed by atoms with Crippen LogP contribution >= 0.6 is 15.9 Å². The van der Waals surface area contributed by atoms with Gasteiger partial charge in [0, 0.05) is 10.0 Å². The van der Waals surface area contributed by atoms with Gasteiger partial charge in [0.05, 0.1) is 14.2 Å². The van der Waals surface area contributed by atoms with Crippen molar-refractivity contribution in [3.8, 4) is 11.5 Å². The third-order valence-corrected chi connectivity index (χ3v) is 5.04. The lowest BCUT2D eigenvalue weighted by atomic mass is 10.1. The number of benzene rings is 2. The number of hydrogen-bond donors (Lipinski definition) is 0. The molecule has 3 heteroatoms. The maximum Gasteiger partial charge on any atom is 0.125 e. The lowest BCUT2D eigenvalue weighted by molar-refractivity contribution is 0.408. The molecule has 23 heavy (non-hydrogen) atoms. The molecule has 0 spiro atoms. The van der Waals surface area contributed by atoms with Gasteiger partial charge in [0.2, 0.25) is 0 Å². The van der Waals surface area contributed by atoms with Gasteiger partial charge < -0.3 is 9.47 Å². The van der Waals surface area contributed by atoms with Gasteiger partial charge in [-0.1, -0.05) is 39.7 Å². The molecule has 0 saturated heterocycles. The molecule has 2 rings (SSSR count). The van der Waals surface area contributed by atoms with Crippen molar-refractivity contribution in [1.29, 1.82) is 0 Å². The lowest BCUT2D eigenvalue weighted by Gasteiger charge is -2.11. The van der Waals surface area contributed by atoms with Gasteiger partial charge in [0.1, 0.15) is 11.5 Å². The minimum absolute atomic E-state index is 0.979. The zero-order chi connectivity index (χ0) is 17.7. The molecule has 0 unspecified atom stereocenters. The Kier molecular flexibility index (Phi) is 7.14. The molecule has 0 N–H and O–H groups in total. The third-order valence-electron chi connectivity index (χ3n) is 3.82. The first-order valence-corrected chi connectivity index (χ1v) is 8.44. The smallest absolute Gasteiger partial charge is 0.125 e. The van der Waals surface area contributed by atoms with Crippen LogP contribution in [-0.4, -0.2) is 14.2 Å². The topological polar surface area (TPSA) is 18.5 Å². The number of hydrogen-bond acceptors (Lipinski definition) is 2. The van der Waals surface area contributed by atoms with Crippen LogP contribution in [0.25, 0.3) is 0 Å². The standard InChI is InChI=1S/C10H13BrO.C10H14O/c1-6-5-7(2)10(12-4)8(3)9(6)11;1-7-5-8(2)10(11-4)9(3)6-7/h5H,1-4H3;5-6H,1-4H3. The third kappa shape index (κ3) is 4.74. The highest BCUT2D eigenvalue weighted by molar-refractivity contribution is 9.10. The first-order chi connectivity index (χ1) is 10.7. The fourth-order valence-electron chi connectivity index (χ4n) is 2.95. The molecule has 0 aromatic heterocycles. The molecule has 0 aliphatic heterocycles. The van der Waals surface area contributed by atoms with E-state index in [1.807, 2.05) is 0 Å². The Morgan fingerprint density at radius 2 is 1.09 bits per heavy atom. The molecule has 126 valence electrons. The van der Waals surface area contributed by atoms with Crippen molar-refractivity contribution in [1.82, 2.24) is 0 Å². The van der Waals surface area contributed by atoms with E-state index in [9.17, 15) is 0 Å². The average Bonchev–Trinajstić information content (AvgIpc) is 2.45. The van der Waals surface area contributed by atoms with E-state index in [-0.39, 0.29) is 0 Å². The molecule has 0 bridgehead atoms. The van der Waals surface area contributed by atoms with Crippen LogP contribution in [0.1, 0.15) is 33.4 Å². The zero-order valence-electron chi connectivity index (χ0n) is 15.4. The fourth-order valence-corrected chi connectivity index (χ4v) is 3.24. The van der Waals surface area contributed by atoms with Gasteiger partial charge in [-0.2, -0.15) is 0 Å². The van der Waals surface area contributed by atoms with Crippen LogP contribution < -0.4 is 9.47 Å². The Morgan fingerprint density at radius 3 is 1.52 bits per heavy atom. The summed E-state index contributed by atoms with van der Waals surface area (Å²) in [6.45, 7) is 12.4. The molecule has 0 amide bonds. The molecule has 2 aromatic carbocycles. The molecule has 0 atom stereocenters. The molecule has 0 aliphatic rings. The second kappa shape index (κ2) is 8.39. The van der Waals surface area contributed by atoms with E-state index in [4.69, 9.17) is 9.47 Å². The van der Waals surface area contributed by atoms with Crippen LogP contribution in [0.15, 0.2) is 22.7 Å². The summed E-state index contributed by atoms with van der Waals surface area (Å²) in [5, 5.41) is 0. The first-order valence-electron chi connectivity index (χ1n) is 7.65. The summed E-state index contributed by atoms with van der Waals surface area (Å²) >= 11 is 3.52. The molecule has 2 nitrogen and oxygen atoms in total. The highest BCUT2D eigenvalue weighted by Crippen LogP contribution is 2.32. The van der Waals surface area contributed by atoms with Crippen molar-refractivity contribution in [2.24, 2.45) is 0 Å². The number of aryl methyl sites for hydroxylation is 5. The predicted octanol–water partition coefficient (Wildman–Crippen LogP) is 6.00. The summed E-state index contributed by atoms with van der Waals surface area (Å²) in [5.41, 5.74) is 7.34. The highest BCUT2D eigenvalue weighted by Gasteiger charge is 2.08.